The van der Waals surface area contributed by atoms with E-state index in [1.54, 1.807) is 0 Å². The average Bonchev–Trinajstić information content (AvgIpc) is 2.86. The van der Waals surface area contributed by atoms with Gasteiger partial charge in [0.05, 0.1) is 24.5 Å². The van der Waals surface area contributed by atoms with Crippen LogP contribution in [0.3, 0.4) is 0 Å². The van der Waals surface area contributed by atoms with Gasteiger partial charge in [0.15, 0.2) is 9.84 Å². The minimum absolute atomic E-state index is 0.0144. The molecule has 2 aliphatic rings. The Bertz CT molecular complexity index is 427. The molecule has 0 aromatic carbocycles. The summed E-state index contributed by atoms with van der Waals surface area (Å²) in [6.45, 7) is 0. The molecule has 2 saturated carbocycles. The van der Waals surface area contributed by atoms with E-state index in [9.17, 15) is 13.2 Å². The van der Waals surface area contributed by atoms with E-state index in [4.69, 9.17) is 5.73 Å². The van der Waals surface area contributed by atoms with E-state index < -0.39 is 9.84 Å². The van der Waals surface area contributed by atoms with Crippen LogP contribution in [0.2, 0.25) is 0 Å². The first-order valence-corrected chi connectivity index (χ1v) is 8.12. The monoisotopic (exact) mass is 275 g/mol. The quantitative estimate of drug-likeness (QED) is 0.743. The van der Waals surface area contributed by atoms with Crippen LogP contribution >= 0.6 is 0 Å². The molecule has 0 spiro atoms. The van der Waals surface area contributed by atoms with E-state index in [1.807, 2.05) is 0 Å². The molecule has 2 atom stereocenters. The Kier molecular flexibility index (Phi) is 3.69. The number of hydrogen-bond acceptors (Lipinski definition) is 5. The second-order valence-corrected chi connectivity index (χ2v) is 8.04. The molecule has 2 rings (SSSR count). The molecular formula is C12H21NO4S. The number of ether oxygens (including phenoxy) is 1. The van der Waals surface area contributed by atoms with Crippen LogP contribution in [-0.2, 0) is 19.4 Å². The first kappa shape index (κ1) is 13.8. The molecule has 2 fully saturated rings. The van der Waals surface area contributed by atoms with E-state index in [1.165, 1.54) is 7.11 Å². The summed E-state index contributed by atoms with van der Waals surface area (Å²) in [5.41, 5.74) is 5.42. The Morgan fingerprint density at radius 1 is 1.39 bits per heavy atom. The predicted octanol–water partition coefficient (Wildman–Crippen LogP) is 0.624. The molecular weight excluding hydrogens is 254 g/mol. The Morgan fingerprint density at radius 2 is 2.06 bits per heavy atom. The molecule has 18 heavy (non-hydrogen) atoms. The second-order valence-electron chi connectivity index (χ2n) is 5.76. The van der Waals surface area contributed by atoms with Gasteiger partial charge in [0.2, 0.25) is 0 Å². The van der Waals surface area contributed by atoms with Crippen molar-refractivity contribution in [1.82, 2.24) is 0 Å². The number of rotatable bonds is 5. The lowest BCUT2D eigenvalue weighted by Gasteiger charge is -2.17. The summed E-state index contributed by atoms with van der Waals surface area (Å²) in [5, 5.41) is -0.303. The third kappa shape index (κ3) is 3.03. The highest BCUT2D eigenvalue weighted by Gasteiger charge is 2.49. The maximum Gasteiger partial charge on any atom is 0.306 e. The molecule has 6 heteroatoms. The lowest BCUT2D eigenvalue weighted by Crippen LogP contribution is -2.29. The molecule has 104 valence electrons. The van der Waals surface area contributed by atoms with Gasteiger partial charge in [0.25, 0.3) is 0 Å². The van der Waals surface area contributed by atoms with Crippen molar-refractivity contribution in [1.29, 1.82) is 0 Å². The fourth-order valence-electron chi connectivity index (χ4n) is 2.77. The third-order valence-electron chi connectivity index (χ3n) is 4.14. The second kappa shape index (κ2) is 4.81. The molecule has 0 amide bonds. The maximum absolute atomic E-state index is 12.3. The SMILES string of the molecule is COC(=O)CC1(CS(=O)(=O)C2CCC(N)C2)CC1. The van der Waals surface area contributed by atoms with Crippen molar-refractivity contribution in [2.24, 2.45) is 11.1 Å². The molecule has 0 aliphatic heterocycles. The number of methoxy groups -OCH3 is 1. The van der Waals surface area contributed by atoms with E-state index in [2.05, 4.69) is 4.74 Å². The minimum atomic E-state index is -3.13. The van der Waals surface area contributed by atoms with Crippen LogP contribution in [0.25, 0.3) is 0 Å². The third-order valence-corrected chi connectivity index (χ3v) is 6.60. The van der Waals surface area contributed by atoms with E-state index in [0.717, 1.165) is 19.3 Å². The predicted molar refractivity (Wildman–Crippen MR) is 67.7 cm³/mol. The molecule has 2 unspecified atom stereocenters. The lowest BCUT2D eigenvalue weighted by molar-refractivity contribution is -0.141. The molecule has 0 bridgehead atoms. The van der Waals surface area contributed by atoms with Crippen LogP contribution in [0.15, 0.2) is 0 Å². The smallest absolute Gasteiger partial charge is 0.306 e. The fraction of sp³-hybridized carbons (Fsp3) is 0.917. The van der Waals surface area contributed by atoms with Gasteiger partial charge in [-0.25, -0.2) is 8.42 Å². The van der Waals surface area contributed by atoms with Gasteiger partial charge in [-0.3, -0.25) is 4.79 Å². The summed E-state index contributed by atoms with van der Waals surface area (Å²) in [7, 11) is -1.79. The van der Waals surface area contributed by atoms with Crippen molar-refractivity contribution < 1.29 is 17.9 Å². The maximum atomic E-state index is 12.3. The fourth-order valence-corrected chi connectivity index (χ4v) is 5.29. The average molecular weight is 275 g/mol. The zero-order valence-corrected chi connectivity index (χ0v) is 11.5. The summed E-state index contributed by atoms with van der Waals surface area (Å²) >= 11 is 0. The summed E-state index contributed by atoms with van der Waals surface area (Å²) in [6.07, 6.45) is 3.85. The molecule has 0 saturated heterocycles. The Balaban J connectivity index is 1.98. The van der Waals surface area contributed by atoms with Gasteiger partial charge >= 0.3 is 5.97 Å². The number of nitrogens with two attached hydrogens (primary N) is 1. The Labute approximate surface area is 108 Å². The van der Waals surface area contributed by atoms with Gasteiger partial charge < -0.3 is 10.5 Å². The summed E-state index contributed by atoms with van der Waals surface area (Å²) in [4.78, 5) is 11.3. The van der Waals surface area contributed by atoms with Crippen LogP contribution in [0.1, 0.15) is 38.5 Å². The number of carbonyl (C=O) groups excluding carboxylic acids is 1. The zero-order chi connectivity index (χ0) is 13.4. The largest absolute Gasteiger partial charge is 0.469 e. The van der Waals surface area contributed by atoms with E-state index in [0.29, 0.717) is 12.8 Å². The normalized spacial score (nSPS) is 30.1. The highest BCUT2D eigenvalue weighted by atomic mass is 32.2. The standard InChI is InChI=1S/C12H21NO4S/c1-17-11(14)7-12(4-5-12)8-18(15,16)10-3-2-9(13)6-10/h9-10H,2-8,13H2,1H3. The zero-order valence-electron chi connectivity index (χ0n) is 10.7. The number of sulfone groups is 1. The van der Waals surface area contributed by atoms with Crippen LogP contribution in [0.5, 0.6) is 0 Å². The first-order chi connectivity index (χ1) is 8.37. The molecule has 0 radical (unpaired) electrons. The van der Waals surface area contributed by atoms with Crippen molar-refractivity contribution >= 4 is 15.8 Å². The Morgan fingerprint density at radius 3 is 2.50 bits per heavy atom. The van der Waals surface area contributed by atoms with Gasteiger partial charge in [-0.1, -0.05) is 0 Å². The summed E-state index contributed by atoms with van der Waals surface area (Å²) < 4.78 is 29.2. The first-order valence-electron chi connectivity index (χ1n) is 6.41. The van der Waals surface area contributed by atoms with Gasteiger partial charge in [-0.2, -0.15) is 0 Å². The van der Waals surface area contributed by atoms with Crippen molar-refractivity contribution in [2.45, 2.75) is 49.8 Å². The topological polar surface area (TPSA) is 86.5 Å². The Hall–Kier alpha value is -0.620. The van der Waals surface area contributed by atoms with Crippen LogP contribution in [-0.4, -0.2) is 38.5 Å². The highest BCUT2D eigenvalue weighted by Crippen LogP contribution is 2.51. The van der Waals surface area contributed by atoms with E-state index >= 15 is 0 Å². The van der Waals surface area contributed by atoms with Crippen molar-refractivity contribution in [3.05, 3.63) is 0 Å². The lowest BCUT2D eigenvalue weighted by atomic mass is 10.1. The van der Waals surface area contributed by atoms with Crippen molar-refractivity contribution in [2.75, 3.05) is 12.9 Å². The summed E-state index contributed by atoms with van der Waals surface area (Å²) in [5.74, 6) is -0.197. The van der Waals surface area contributed by atoms with Crippen molar-refractivity contribution in [3.63, 3.8) is 0 Å². The van der Waals surface area contributed by atoms with Gasteiger partial charge in [-0.15, -0.1) is 0 Å². The van der Waals surface area contributed by atoms with Crippen molar-refractivity contribution in [3.8, 4) is 0 Å². The van der Waals surface area contributed by atoms with Crippen LogP contribution in [0.4, 0.5) is 0 Å². The van der Waals surface area contributed by atoms with E-state index in [-0.39, 0.29) is 34.8 Å². The number of esters is 1. The number of carbonyl (C=O) groups is 1. The molecule has 2 N–H and O–H groups in total. The van der Waals surface area contributed by atoms with Crippen LogP contribution in [0, 0.1) is 5.41 Å². The number of hydrogen-bond donors (Lipinski definition) is 1. The molecule has 0 aromatic rings. The molecule has 0 heterocycles. The highest BCUT2D eigenvalue weighted by molar-refractivity contribution is 7.92. The van der Waals surface area contributed by atoms with Gasteiger partial charge in [-0.05, 0) is 37.5 Å². The van der Waals surface area contributed by atoms with Gasteiger partial charge in [0.1, 0.15) is 0 Å². The van der Waals surface area contributed by atoms with Crippen LogP contribution < -0.4 is 5.73 Å². The molecule has 2 aliphatic carbocycles. The molecule has 5 nitrogen and oxygen atoms in total. The minimum Gasteiger partial charge on any atom is -0.469 e. The summed E-state index contributed by atoms with van der Waals surface area (Å²) in [6, 6.07) is 0.0144. The van der Waals surface area contributed by atoms with Gasteiger partial charge in [0, 0.05) is 6.04 Å². The molecule has 0 aromatic heterocycles.